The maximum absolute atomic E-state index is 12.7. The first-order valence-electron chi connectivity index (χ1n) is 10.7. The molecule has 4 nitrogen and oxygen atoms in total. The third-order valence-electron chi connectivity index (χ3n) is 7.44. The van der Waals surface area contributed by atoms with Crippen molar-refractivity contribution in [3.05, 3.63) is 0 Å². The van der Waals surface area contributed by atoms with Gasteiger partial charge in [-0.3, -0.25) is 9.59 Å². The maximum atomic E-state index is 12.7. The Labute approximate surface area is 162 Å². The van der Waals surface area contributed by atoms with Crippen LogP contribution < -0.4 is 5.32 Å². The van der Waals surface area contributed by atoms with E-state index in [9.17, 15) is 9.59 Å². The van der Waals surface area contributed by atoms with E-state index in [-0.39, 0.29) is 17.9 Å². The SMILES string of the molecule is O=C(CC12CC3CC(CC(C3)C1)C2)NC1CCN(C(=O)CCCCl)CC1. The molecule has 146 valence electrons. The number of alkyl halides is 1. The van der Waals surface area contributed by atoms with Gasteiger partial charge >= 0.3 is 0 Å². The number of nitrogens with zero attached hydrogens (tertiary/aromatic N) is 1. The van der Waals surface area contributed by atoms with E-state index in [1.54, 1.807) is 0 Å². The van der Waals surface area contributed by atoms with Gasteiger partial charge in [-0.15, -0.1) is 11.6 Å². The Kier molecular flexibility index (Phi) is 5.50. The fraction of sp³-hybridized carbons (Fsp3) is 0.905. The molecular formula is C21H33ClN2O2. The number of halogens is 1. The van der Waals surface area contributed by atoms with Gasteiger partial charge in [0.05, 0.1) is 0 Å². The molecule has 0 aromatic heterocycles. The average Bonchev–Trinajstić information content (AvgIpc) is 2.58. The second kappa shape index (κ2) is 7.69. The minimum Gasteiger partial charge on any atom is -0.353 e. The van der Waals surface area contributed by atoms with Gasteiger partial charge in [-0.05, 0) is 81.0 Å². The minimum absolute atomic E-state index is 0.212. The molecule has 2 amide bonds. The standard InChI is InChI=1S/C21H33ClN2O2/c22-5-1-2-20(26)24-6-3-18(4-7-24)23-19(25)14-21-11-15-8-16(12-21)10-17(9-15)13-21/h15-18H,1-14H2,(H,23,25). The topological polar surface area (TPSA) is 49.4 Å². The van der Waals surface area contributed by atoms with Crippen molar-refractivity contribution >= 4 is 23.4 Å². The predicted octanol–water partition coefficient (Wildman–Crippen LogP) is 3.72. The quantitative estimate of drug-likeness (QED) is 0.714. The van der Waals surface area contributed by atoms with Gasteiger partial charge in [0, 0.05) is 37.9 Å². The third-order valence-corrected chi connectivity index (χ3v) is 7.70. The zero-order valence-electron chi connectivity index (χ0n) is 15.9. The molecule has 1 N–H and O–H groups in total. The predicted molar refractivity (Wildman–Crippen MR) is 103 cm³/mol. The zero-order chi connectivity index (χ0) is 18.1. The smallest absolute Gasteiger partial charge is 0.222 e. The van der Waals surface area contributed by atoms with Crippen molar-refractivity contribution in [3.8, 4) is 0 Å². The number of hydrogen-bond donors (Lipinski definition) is 1. The van der Waals surface area contributed by atoms with Crippen molar-refractivity contribution in [2.45, 2.75) is 76.7 Å². The lowest BCUT2D eigenvalue weighted by atomic mass is 9.49. The van der Waals surface area contributed by atoms with Crippen LogP contribution in [0.15, 0.2) is 0 Å². The van der Waals surface area contributed by atoms with Crippen LogP contribution in [-0.4, -0.2) is 41.7 Å². The third kappa shape index (κ3) is 4.05. The van der Waals surface area contributed by atoms with Crippen molar-refractivity contribution < 1.29 is 9.59 Å². The molecule has 0 aromatic rings. The molecule has 0 spiro atoms. The van der Waals surface area contributed by atoms with E-state index in [0.717, 1.165) is 56.5 Å². The lowest BCUT2D eigenvalue weighted by Gasteiger charge is -2.56. The van der Waals surface area contributed by atoms with Gasteiger partial charge in [0.15, 0.2) is 0 Å². The zero-order valence-corrected chi connectivity index (χ0v) is 16.6. The Hall–Kier alpha value is -0.770. The molecule has 0 aromatic carbocycles. The first kappa shape index (κ1) is 18.6. The summed E-state index contributed by atoms with van der Waals surface area (Å²) >= 11 is 5.67. The van der Waals surface area contributed by atoms with Gasteiger partial charge in [0.25, 0.3) is 0 Å². The summed E-state index contributed by atoms with van der Waals surface area (Å²) in [5.74, 6) is 3.72. The molecule has 26 heavy (non-hydrogen) atoms. The molecule has 5 fully saturated rings. The van der Waals surface area contributed by atoms with Crippen LogP contribution in [0.2, 0.25) is 0 Å². The molecule has 4 saturated carbocycles. The highest BCUT2D eigenvalue weighted by molar-refractivity contribution is 6.17. The first-order valence-corrected chi connectivity index (χ1v) is 11.2. The molecule has 4 aliphatic carbocycles. The largest absolute Gasteiger partial charge is 0.353 e. The van der Waals surface area contributed by atoms with Crippen molar-refractivity contribution in [2.75, 3.05) is 19.0 Å². The van der Waals surface area contributed by atoms with E-state index in [2.05, 4.69) is 5.32 Å². The van der Waals surface area contributed by atoms with Gasteiger partial charge < -0.3 is 10.2 Å². The molecule has 0 unspecified atom stereocenters. The Balaban J connectivity index is 1.23. The molecular weight excluding hydrogens is 348 g/mol. The number of rotatable bonds is 6. The highest BCUT2D eigenvalue weighted by Gasteiger charge is 2.51. The van der Waals surface area contributed by atoms with E-state index >= 15 is 0 Å². The van der Waals surface area contributed by atoms with Crippen molar-refractivity contribution in [3.63, 3.8) is 0 Å². The lowest BCUT2D eigenvalue weighted by molar-refractivity contribution is -0.132. The number of likely N-dealkylation sites (tertiary alicyclic amines) is 1. The van der Waals surface area contributed by atoms with Crippen LogP contribution in [0.1, 0.15) is 70.6 Å². The normalized spacial score (nSPS) is 36.3. The number of piperidine rings is 1. The Morgan fingerprint density at radius 3 is 2.12 bits per heavy atom. The van der Waals surface area contributed by atoms with E-state index in [1.165, 1.54) is 38.5 Å². The number of hydrogen-bond acceptors (Lipinski definition) is 2. The van der Waals surface area contributed by atoms with E-state index < -0.39 is 0 Å². The molecule has 5 aliphatic rings. The number of amides is 2. The molecule has 1 saturated heterocycles. The Morgan fingerprint density at radius 2 is 1.58 bits per heavy atom. The average molecular weight is 381 g/mol. The van der Waals surface area contributed by atoms with Crippen LogP contribution in [0.3, 0.4) is 0 Å². The summed E-state index contributed by atoms with van der Waals surface area (Å²) in [6.07, 6.45) is 12.0. The monoisotopic (exact) mass is 380 g/mol. The van der Waals surface area contributed by atoms with Crippen LogP contribution in [0.4, 0.5) is 0 Å². The molecule has 1 heterocycles. The summed E-state index contributed by atoms with van der Waals surface area (Å²) in [6.45, 7) is 1.53. The second-order valence-electron chi connectivity index (χ2n) is 9.61. The van der Waals surface area contributed by atoms with E-state index in [4.69, 9.17) is 11.6 Å². The molecule has 4 bridgehead atoms. The maximum Gasteiger partial charge on any atom is 0.222 e. The van der Waals surface area contributed by atoms with Gasteiger partial charge in [-0.25, -0.2) is 0 Å². The van der Waals surface area contributed by atoms with Crippen LogP contribution in [0.25, 0.3) is 0 Å². The summed E-state index contributed by atoms with van der Waals surface area (Å²) in [5, 5.41) is 3.30. The number of carbonyl (C=O) groups is 2. The summed E-state index contributed by atoms with van der Waals surface area (Å²) in [5.41, 5.74) is 0.317. The second-order valence-corrected chi connectivity index (χ2v) is 9.99. The van der Waals surface area contributed by atoms with Gasteiger partial charge in [-0.1, -0.05) is 0 Å². The van der Waals surface area contributed by atoms with Crippen LogP contribution in [0, 0.1) is 23.2 Å². The fourth-order valence-electron chi connectivity index (χ4n) is 6.78. The molecule has 0 atom stereocenters. The summed E-state index contributed by atoms with van der Waals surface area (Å²) < 4.78 is 0. The molecule has 5 rings (SSSR count). The van der Waals surface area contributed by atoms with Gasteiger partial charge in [0.1, 0.15) is 0 Å². The Morgan fingerprint density at radius 1 is 1.00 bits per heavy atom. The van der Waals surface area contributed by atoms with Crippen molar-refractivity contribution in [2.24, 2.45) is 23.2 Å². The summed E-state index contributed by atoms with van der Waals surface area (Å²) in [4.78, 5) is 26.8. The lowest BCUT2D eigenvalue weighted by Crippen LogP contribution is -2.50. The number of nitrogens with one attached hydrogen (secondary N) is 1. The van der Waals surface area contributed by atoms with Crippen molar-refractivity contribution in [1.82, 2.24) is 10.2 Å². The first-order chi connectivity index (χ1) is 12.5. The van der Waals surface area contributed by atoms with Crippen LogP contribution in [-0.2, 0) is 9.59 Å². The molecule has 5 heteroatoms. The number of carbonyl (C=O) groups excluding carboxylic acids is 2. The van der Waals surface area contributed by atoms with Gasteiger partial charge in [-0.2, -0.15) is 0 Å². The van der Waals surface area contributed by atoms with Crippen molar-refractivity contribution in [1.29, 1.82) is 0 Å². The molecule has 0 radical (unpaired) electrons. The van der Waals surface area contributed by atoms with E-state index in [1.807, 2.05) is 4.90 Å². The summed E-state index contributed by atoms with van der Waals surface area (Å²) in [6, 6.07) is 0.244. The fourth-order valence-corrected chi connectivity index (χ4v) is 6.91. The molecule has 1 aliphatic heterocycles. The minimum atomic E-state index is 0.212. The van der Waals surface area contributed by atoms with Crippen LogP contribution >= 0.6 is 11.6 Å². The summed E-state index contributed by atoms with van der Waals surface area (Å²) in [7, 11) is 0. The van der Waals surface area contributed by atoms with E-state index in [0.29, 0.717) is 17.7 Å². The highest BCUT2D eigenvalue weighted by atomic mass is 35.5. The van der Waals surface area contributed by atoms with Gasteiger partial charge in [0.2, 0.25) is 11.8 Å². The van der Waals surface area contributed by atoms with Crippen LogP contribution in [0.5, 0.6) is 0 Å². The Bertz CT molecular complexity index is 507. The highest BCUT2D eigenvalue weighted by Crippen LogP contribution is 2.61.